The number of rotatable bonds is 2. The Morgan fingerprint density at radius 2 is 2.24 bits per heavy atom. The van der Waals surface area contributed by atoms with Gasteiger partial charge < -0.3 is 15.2 Å². The van der Waals surface area contributed by atoms with Crippen LogP contribution in [0.3, 0.4) is 0 Å². The van der Waals surface area contributed by atoms with E-state index in [1.54, 1.807) is 18.2 Å². The standard InChI is InChI=1S/C13H11IN2O4S/c1-6(17)15-13-16-12(19)10(21-13)5-7-3-8(14)11(18)9(4-7)20-2/h3-5,18H,1-2H3,(H,15,16,17,19)/b10-5+. The van der Waals surface area contributed by atoms with Gasteiger partial charge in [0, 0.05) is 6.92 Å². The molecule has 0 aromatic heterocycles. The minimum Gasteiger partial charge on any atom is -0.504 e. The van der Waals surface area contributed by atoms with Crippen LogP contribution in [0.15, 0.2) is 22.0 Å². The van der Waals surface area contributed by atoms with E-state index >= 15 is 0 Å². The van der Waals surface area contributed by atoms with Gasteiger partial charge in [0.1, 0.15) is 0 Å². The Hall–Kier alpha value is -1.55. The predicted molar refractivity (Wildman–Crippen MR) is 89.2 cm³/mol. The van der Waals surface area contributed by atoms with E-state index in [2.05, 4.69) is 10.3 Å². The van der Waals surface area contributed by atoms with E-state index in [1.165, 1.54) is 14.0 Å². The van der Waals surface area contributed by atoms with Crippen LogP contribution >= 0.6 is 34.4 Å². The number of hydrogen-bond donors (Lipinski definition) is 2. The second kappa shape index (κ2) is 6.48. The van der Waals surface area contributed by atoms with Crippen LogP contribution < -0.4 is 10.1 Å². The maximum Gasteiger partial charge on any atom is 0.286 e. The van der Waals surface area contributed by atoms with Gasteiger partial charge >= 0.3 is 0 Å². The Morgan fingerprint density at radius 1 is 1.52 bits per heavy atom. The SMILES string of the molecule is COc1cc(/C=C2/SC(NC(C)=O)=NC2=O)cc(I)c1O. The number of thioether (sulfide) groups is 1. The van der Waals surface area contributed by atoms with Crippen molar-refractivity contribution < 1.29 is 19.4 Å². The molecule has 2 rings (SSSR count). The number of aliphatic imine (C=N–C) groups is 1. The lowest BCUT2D eigenvalue weighted by atomic mass is 10.2. The zero-order valence-corrected chi connectivity index (χ0v) is 14.1. The number of ether oxygens (including phenoxy) is 1. The largest absolute Gasteiger partial charge is 0.504 e. The zero-order chi connectivity index (χ0) is 15.6. The summed E-state index contributed by atoms with van der Waals surface area (Å²) < 4.78 is 5.68. The Morgan fingerprint density at radius 3 is 2.86 bits per heavy atom. The molecule has 2 N–H and O–H groups in total. The van der Waals surface area contributed by atoms with Gasteiger partial charge in [-0.1, -0.05) is 0 Å². The number of phenolic OH excluding ortho intramolecular Hbond substituents is 1. The summed E-state index contributed by atoms with van der Waals surface area (Å²) in [5, 5.41) is 12.5. The van der Waals surface area contributed by atoms with Gasteiger partial charge in [0.25, 0.3) is 5.91 Å². The highest BCUT2D eigenvalue weighted by atomic mass is 127. The third-order valence-electron chi connectivity index (χ3n) is 2.47. The monoisotopic (exact) mass is 418 g/mol. The van der Waals surface area contributed by atoms with Gasteiger partial charge in [-0.15, -0.1) is 0 Å². The molecule has 0 atom stereocenters. The number of nitrogens with zero attached hydrogens (tertiary/aromatic N) is 1. The van der Waals surface area contributed by atoms with Crippen molar-refractivity contribution in [1.29, 1.82) is 0 Å². The summed E-state index contributed by atoms with van der Waals surface area (Å²) in [6, 6.07) is 3.34. The first-order chi connectivity index (χ1) is 9.90. The van der Waals surface area contributed by atoms with E-state index in [4.69, 9.17) is 4.74 Å². The van der Waals surface area contributed by atoms with Gasteiger partial charge in [-0.3, -0.25) is 9.59 Å². The number of methoxy groups -OCH3 is 1. The van der Waals surface area contributed by atoms with E-state index in [-0.39, 0.29) is 16.8 Å². The smallest absolute Gasteiger partial charge is 0.286 e. The van der Waals surface area contributed by atoms with Crippen LogP contribution in [0.5, 0.6) is 11.5 Å². The molecule has 1 heterocycles. The topological polar surface area (TPSA) is 88.0 Å². The third-order valence-corrected chi connectivity index (χ3v) is 4.19. The van der Waals surface area contributed by atoms with Gasteiger partial charge in [-0.05, 0) is 58.1 Å². The van der Waals surface area contributed by atoms with E-state index in [9.17, 15) is 14.7 Å². The van der Waals surface area contributed by atoms with Crippen LogP contribution in [0, 0.1) is 3.57 Å². The molecule has 0 radical (unpaired) electrons. The van der Waals surface area contributed by atoms with Crippen molar-refractivity contribution in [2.45, 2.75) is 6.92 Å². The first kappa shape index (κ1) is 15.8. The van der Waals surface area contributed by atoms with Crippen LogP contribution in [0.2, 0.25) is 0 Å². The second-order valence-corrected chi connectivity index (χ2v) is 6.26. The van der Waals surface area contributed by atoms with Crippen LogP contribution in [0.1, 0.15) is 12.5 Å². The quantitative estimate of drug-likeness (QED) is 0.568. The summed E-state index contributed by atoms with van der Waals surface area (Å²) in [6.07, 6.45) is 1.63. The molecule has 0 aliphatic carbocycles. The number of hydrogen-bond acceptors (Lipinski definition) is 5. The summed E-state index contributed by atoms with van der Waals surface area (Å²) in [6.45, 7) is 1.35. The number of halogens is 1. The zero-order valence-electron chi connectivity index (χ0n) is 11.1. The van der Waals surface area contributed by atoms with Crippen molar-refractivity contribution in [3.05, 3.63) is 26.2 Å². The summed E-state index contributed by atoms with van der Waals surface area (Å²) in [7, 11) is 1.45. The molecular weight excluding hydrogens is 407 g/mol. The molecule has 1 aliphatic heterocycles. The van der Waals surface area contributed by atoms with Crippen LogP contribution in [-0.2, 0) is 9.59 Å². The molecule has 1 aromatic rings. The minimum atomic E-state index is -0.411. The van der Waals surface area contributed by atoms with E-state index < -0.39 is 5.91 Å². The molecule has 2 amide bonds. The van der Waals surface area contributed by atoms with Crippen molar-refractivity contribution in [2.75, 3.05) is 7.11 Å². The van der Waals surface area contributed by atoms with Gasteiger partial charge in [-0.2, -0.15) is 4.99 Å². The highest BCUT2D eigenvalue weighted by molar-refractivity contribution is 14.1. The summed E-state index contributed by atoms with van der Waals surface area (Å²) in [5.41, 5.74) is 0.698. The average Bonchev–Trinajstić information content (AvgIpc) is 2.72. The van der Waals surface area contributed by atoms with E-state index in [1.807, 2.05) is 22.6 Å². The predicted octanol–water partition coefficient (Wildman–Crippen LogP) is 2.11. The molecule has 6 nitrogen and oxygen atoms in total. The fraction of sp³-hybridized carbons (Fsp3) is 0.154. The second-order valence-electron chi connectivity index (χ2n) is 4.07. The van der Waals surface area contributed by atoms with Gasteiger partial charge in [-0.25, -0.2) is 0 Å². The Balaban J connectivity index is 2.28. The molecule has 1 aromatic carbocycles. The third kappa shape index (κ3) is 3.76. The van der Waals surface area contributed by atoms with Crippen molar-refractivity contribution in [3.63, 3.8) is 0 Å². The minimum absolute atomic E-state index is 0.0563. The highest BCUT2D eigenvalue weighted by Gasteiger charge is 2.22. The molecule has 21 heavy (non-hydrogen) atoms. The van der Waals surface area contributed by atoms with Crippen LogP contribution in [0.4, 0.5) is 0 Å². The fourth-order valence-electron chi connectivity index (χ4n) is 1.60. The van der Waals surface area contributed by atoms with Crippen LogP contribution in [0.25, 0.3) is 6.08 Å². The molecule has 110 valence electrons. The molecule has 0 unspecified atom stereocenters. The first-order valence-electron chi connectivity index (χ1n) is 5.77. The number of aromatic hydroxyl groups is 1. The number of phenols is 1. The van der Waals surface area contributed by atoms with E-state index in [0.717, 1.165) is 11.8 Å². The van der Waals surface area contributed by atoms with Gasteiger partial charge in [0.2, 0.25) is 5.91 Å². The number of benzene rings is 1. The maximum absolute atomic E-state index is 11.8. The molecule has 0 saturated heterocycles. The van der Waals surface area contributed by atoms with Crippen molar-refractivity contribution in [2.24, 2.45) is 4.99 Å². The lowest BCUT2D eigenvalue weighted by Gasteiger charge is -2.07. The highest BCUT2D eigenvalue weighted by Crippen LogP contribution is 2.34. The van der Waals surface area contributed by atoms with Gasteiger partial charge in [0.05, 0.1) is 15.6 Å². The first-order valence-corrected chi connectivity index (χ1v) is 7.67. The summed E-state index contributed by atoms with van der Waals surface area (Å²) in [5.74, 6) is -0.310. The summed E-state index contributed by atoms with van der Waals surface area (Å²) >= 11 is 3.06. The lowest BCUT2D eigenvalue weighted by Crippen LogP contribution is -2.23. The Bertz CT molecular complexity index is 685. The molecule has 8 heteroatoms. The number of amides is 2. The molecule has 0 saturated carbocycles. The lowest BCUT2D eigenvalue weighted by molar-refractivity contribution is -0.117. The average molecular weight is 418 g/mol. The number of nitrogens with one attached hydrogen (secondary N) is 1. The molecule has 0 fully saturated rings. The summed E-state index contributed by atoms with van der Waals surface area (Å²) in [4.78, 5) is 26.9. The van der Waals surface area contributed by atoms with Crippen LogP contribution in [-0.4, -0.2) is 29.2 Å². The Labute approximate surface area is 138 Å². The molecular formula is C13H11IN2O4S. The normalized spacial score (nSPS) is 16.0. The molecule has 0 bridgehead atoms. The maximum atomic E-state index is 11.8. The number of carbonyl (C=O) groups excluding carboxylic acids is 2. The number of amidine groups is 1. The van der Waals surface area contributed by atoms with Crippen molar-refractivity contribution >= 4 is 57.4 Å². The molecule has 1 aliphatic rings. The molecule has 0 spiro atoms. The number of carbonyl (C=O) groups is 2. The van der Waals surface area contributed by atoms with Gasteiger partial charge in [0.15, 0.2) is 16.7 Å². The van der Waals surface area contributed by atoms with Crippen molar-refractivity contribution in [3.8, 4) is 11.5 Å². The van der Waals surface area contributed by atoms with E-state index in [0.29, 0.717) is 19.8 Å². The Kier molecular flexibility index (Phi) is 4.88. The van der Waals surface area contributed by atoms with Crippen molar-refractivity contribution in [1.82, 2.24) is 5.32 Å². The fourth-order valence-corrected chi connectivity index (χ4v) is 3.08.